The van der Waals surface area contributed by atoms with Crippen LogP contribution in [0.25, 0.3) is 0 Å². The van der Waals surface area contributed by atoms with Gasteiger partial charge >= 0.3 is 0 Å². The van der Waals surface area contributed by atoms with Gasteiger partial charge < -0.3 is 10.2 Å². The Labute approximate surface area is 174 Å². The SMILES string of the molecule is CCc1ccc(CNC(=O)c2ccc(N3C[C@H](C)Sc4ccccc43)s2)cc1. The molecule has 1 N–H and O–H groups in total. The van der Waals surface area contributed by atoms with Gasteiger partial charge in [-0.25, -0.2) is 0 Å². The Morgan fingerprint density at radius 3 is 2.61 bits per heavy atom. The third-order valence-corrected chi connectivity index (χ3v) is 7.15. The lowest BCUT2D eigenvalue weighted by Crippen LogP contribution is -2.28. The van der Waals surface area contributed by atoms with E-state index >= 15 is 0 Å². The number of anilines is 2. The minimum Gasteiger partial charge on any atom is -0.347 e. The summed E-state index contributed by atoms with van der Waals surface area (Å²) in [6, 6.07) is 20.9. The van der Waals surface area contributed by atoms with Crippen molar-refractivity contribution in [3.8, 4) is 0 Å². The van der Waals surface area contributed by atoms with Crippen molar-refractivity contribution in [2.45, 2.75) is 37.0 Å². The molecule has 0 radical (unpaired) electrons. The number of hydrogen-bond acceptors (Lipinski definition) is 4. The van der Waals surface area contributed by atoms with Crippen molar-refractivity contribution in [3.05, 3.63) is 76.7 Å². The highest BCUT2D eigenvalue weighted by Crippen LogP contribution is 2.43. The van der Waals surface area contributed by atoms with E-state index < -0.39 is 0 Å². The molecule has 1 amide bonds. The number of fused-ring (bicyclic) bond motifs is 1. The second kappa shape index (κ2) is 8.41. The average molecular weight is 409 g/mol. The van der Waals surface area contributed by atoms with E-state index in [2.05, 4.69) is 78.7 Å². The fourth-order valence-corrected chi connectivity index (χ4v) is 5.41. The Hall–Kier alpha value is -2.24. The van der Waals surface area contributed by atoms with Crippen LogP contribution in [0, 0.1) is 0 Å². The molecular formula is C23H24N2OS2. The van der Waals surface area contributed by atoms with Gasteiger partial charge in [-0.1, -0.05) is 50.2 Å². The molecule has 144 valence electrons. The lowest BCUT2D eigenvalue weighted by atomic mass is 10.1. The number of hydrogen-bond donors (Lipinski definition) is 1. The van der Waals surface area contributed by atoms with Crippen molar-refractivity contribution in [2.75, 3.05) is 11.4 Å². The predicted octanol–water partition coefficient (Wildman–Crippen LogP) is 5.87. The molecule has 1 aromatic heterocycles. The Morgan fingerprint density at radius 1 is 1.07 bits per heavy atom. The first kappa shape index (κ1) is 19.1. The molecule has 0 bridgehead atoms. The molecule has 3 aromatic rings. The number of thiophene rings is 1. The van der Waals surface area contributed by atoms with Crippen LogP contribution >= 0.6 is 23.1 Å². The average Bonchev–Trinajstić information content (AvgIpc) is 3.22. The van der Waals surface area contributed by atoms with Crippen LogP contribution in [0.4, 0.5) is 10.7 Å². The van der Waals surface area contributed by atoms with Gasteiger partial charge in [0.2, 0.25) is 0 Å². The van der Waals surface area contributed by atoms with E-state index in [-0.39, 0.29) is 5.91 Å². The molecule has 2 heterocycles. The van der Waals surface area contributed by atoms with Gasteiger partial charge in [0.15, 0.2) is 0 Å². The van der Waals surface area contributed by atoms with Gasteiger partial charge in [-0.15, -0.1) is 23.1 Å². The van der Waals surface area contributed by atoms with Gasteiger partial charge in [0.1, 0.15) is 0 Å². The van der Waals surface area contributed by atoms with Gasteiger partial charge in [-0.3, -0.25) is 4.79 Å². The van der Waals surface area contributed by atoms with Crippen LogP contribution in [0.2, 0.25) is 0 Å². The molecule has 1 atom stereocenters. The Morgan fingerprint density at radius 2 is 1.82 bits per heavy atom. The van der Waals surface area contributed by atoms with E-state index in [1.807, 2.05) is 17.8 Å². The summed E-state index contributed by atoms with van der Waals surface area (Å²) in [5.41, 5.74) is 3.67. The molecule has 0 saturated carbocycles. The van der Waals surface area contributed by atoms with Crippen LogP contribution in [0.15, 0.2) is 65.6 Å². The van der Waals surface area contributed by atoms with Crippen LogP contribution in [0.3, 0.4) is 0 Å². The third-order valence-electron chi connectivity index (χ3n) is 4.89. The smallest absolute Gasteiger partial charge is 0.261 e. The zero-order valence-corrected chi connectivity index (χ0v) is 17.8. The fourth-order valence-electron chi connectivity index (χ4n) is 3.36. The normalized spacial score (nSPS) is 15.9. The number of benzene rings is 2. The number of nitrogens with one attached hydrogen (secondary N) is 1. The second-order valence-corrected chi connectivity index (χ2v) is 9.54. The van der Waals surface area contributed by atoms with Gasteiger partial charge in [-0.05, 0) is 41.8 Å². The molecule has 2 aromatic carbocycles. The molecule has 0 saturated heterocycles. The van der Waals surface area contributed by atoms with Crippen molar-refractivity contribution in [1.29, 1.82) is 0 Å². The highest BCUT2D eigenvalue weighted by atomic mass is 32.2. The number of para-hydroxylation sites is 1. The predicted molar refractivity (Wildman–Crippen MR) is 120 cm³/mol. The zero-order valence-electron chi connectivity index (χ0n) is 16.1. The van der Waals surface area contributed by atoms with E-state index in [4.69, 9.17) is 0 Å². The highest BCUT2D eigenvalue weighted by molar-refractivity contribution is 8.00. The number of rotatable bonds is 5. The van der Waals surface area contributed by atoms with E-state index in [1.54, 1.807) is 11.3 Å². The van der Waals surface area contributed by atoms with Crippen molar-refractivity contribution < 1.29 is 4.79 Å². The summed E-state index contributed by atoms with van der Waals surface area (Å²) in [7, 11) is 0. The Kier molecular flexibility index (Phi) is 5.74. The van der Waals surface area contributed by atoms with Crippen molar-refractivity contribution in [3.63, 3.8) is 0 Å². The lowest BCUT2D eigenvalue weighted by Gasteiger charge is -2.33. The van der Waals surface area contributed by atoms with Gasteiger partial charge in [0.05, 0.1) is 15.6 Å². The Balaban J connectivity index is 1.46. The summed E-state index contributed by atoms with van der Waals surface area (Å²) in [6.07, 6.45) is 1.03. The summed E-state index contributed by atoms with van der Waals surface area (Å²) in [6.45, 7) is 5.90. The first-order chi connectivity index (χ1) is 13.6. The monoisotopic (exact) mass is 408 g/mol. The van der Waals surface area contributed by atoms with Crippen LogP contribution in [-0.4, -0.2) is 17.7 Å². The maximum absolute atomic E-state index is 12.6. The van der Waals surface area contributed by atoms with E-state index in [0.29, 0.717) is 11.8 Å². The number of nitrogens with zero attached hydrogens (tertiary/aromatic N) is 1. The van der Waals surface area contributed by atoms with Crippen LogP contribution in [0.5, 0.6) is 0 Å². The molecule has 0 fully saturated rings. The number of carbonyl (C=O) groups excluding carboxylic acids is 1. The summed E-state index contributed by atoms with van der Waals surface area (Å²) < 4.78 is 0. The summed E-state index contributed by atoms with van der Waals surface area (Å²) >= 11 is 3.47. The molecule has 4 rings (SSSR count). The van der Waals surface area contributed by atoms with Gasteiger partial charge in [-0.2, -0.15) is 0 Å². The first-order valence-corrected chi connectivity index (χ1v) is 11.3. The standard InChI is InChI=1S/C23H24N2OS2/c1-3-17-8-10-18(11-9-17)14-24-23(26)21-12-13-22(28-21)25-15-16(2)27-20-7-5-4-6-19(20)25/h4-13,16H,3,14-15H2,1-2H3,(H,24,26)/t16-/m0/s1. The maximum atomic E-state index is 12.6. The van der Waals surface area contributed by atoms with E-state index in [9.17, 15) is 4.79 Å². The van der Waals surface area contributed by atoms with Crippen molar-refractivity contribution in [1.82, 2.24) is 5.32 Å². The molecule has 28 heavy (non-hydrogen) atoms. The maximum Gasteiger partial charge on any atom is 0.261 e. The molecule has 0 aliphatic carbocycles. The minimum absolute atomic E-state index is 0.0106. The van der Waals surface area contributed by atoms with Crippen LogP contribution < -0.4 is 10.2 Å². The summed E-state index contributed by atoms with van der Waals surface area (Å²) in [5, 5.41) is 4.68. The third kappa shape index (κ3) is 4.10. The highest BCUT2D eigenvalue weighted by Gasteiger charge is 2.24. The van der Waals surface area contributed by atoms with E-state index in [0.717, 1.165) is 28.4 Å². The quantitative estimate of drug-likeness (QED) is 0.573. The molecular weight excluding hydrogens is 384 g/mol. The number of aryl methyl sites for hydroxylation is 1. The van der Waals surface area contributed by atoms with E-state index in [1.165, 1.54) is 16.1 Å². The molecule has 3 nitrogen and oxygen atoms in total. The van der Waals surface area contributed by atoms with Crippen LogP contribution in [0.1, 0.15) is 34.6 Å². The fraction of sp³-hybridized carbons (Fsp3) is 0.261. The van der Waals surface area contributed by atoms with Crippen LogP contribution in [-0.2, 0) is 13.0 Å². The molecule has 0 spiro atoms. The summed E-state index contributed by atoms with van der Waals surface area (Å²) in [4.78, 5) is 17.0. The molecule has 0 unspecified atom stereocenters. The lowest BCUT2D eigenvalue weighted by molar-refractivity contribution is 0.0955. The Bertz CT molecular complexity index is 965. The number of thioether (sulfide) groups is 1. The largest absolute Gasteiger partial charge is 0.347 e. The molecule has 1 aliphatic rings. The van der Waals surface area contributed by atoms with Crippen molar-refractivity contribution in [2.24, 2.45) is 0 Å². The topological polar surface area (TPSA) is 32.3 Å². The van der Waals surface area contributed by atoms with Gasteiger partial charge in [0, 0.05) is 23.2 Å². The minimum atomic E-state index is -0.0106. The second-order valence-electron chi connectivity index (χ2n) is 7.00. The number of carbonyl (C=O) groups is 1. The molecule has 5 heteroatoms. The summed E-state index contributed by atoms with van der Waals surface area (Å²) in [5.74, 6) is -0.0106. The van der Waals surface area contributed by atoms with Gasteiger partial charge in [0.25, 0.3) is 5.91 Å². The first-order valence-electron chi connectivity index (χ1n) is 9.63. The molecule has 1 aliphatic heterocycles. The zero-order chi connectivity index (χ0) is 19.5. The number of amides is 1. The van der Waals surface area contributed by atoms with Crippen molar-refractivity contribution >= 4 is 39.7 Å².